The number of benzene rings is 1. The van der Waals surface area contributed by atoms with Crippen molar-refractivity contribution in [3.8, 4) is 0 Å². The molecule has 3 N–H and O–H groups in total. The van der Waals surface area contributed by atoms with E-state index in [1.54, 1.807) is 6.08 Å². The number of amides is 2. The lowest BCUT2D eigenvalue weighted by molar-refractivity contribution is -0.119. The van der Waals surface area contributed by atoms with Crippen LogP contribution in [0.5, 0.6) is 0 Å². The molecule has 0 radical (unpaired) electrons. The zero-order chi connectivity index (χ0) is 18.1. The number of hydrogen-bond acceptors (Lipinski definition) is 2. The smallest absolute Gasteiger partial charge is 0.220 e. The fraction of sp³-hybridized carbons (Fsp3) is 0.474. The van der Waals surface area contributed by atoms with Crippen LogP contribution in [0.4, 0.5) is 0 Å². The summed E-state index contributed by atoms with van der Waals surface area (Å²) in [6.07, 6.45) is 3.76. The Morgan fingerprint density at radius 3 is 2.17 bits per heavy atom. The van der Waals surface area contributed by atoms with E-state index in [0.717, 1.165) is 13.0 Å². The predicted octanol–water partition coefficient (Wildman–Crippen LogP) is 3.78. The Morgan fingerprint density at radius 2 is 1.87 bits per heavy atom. The van der Waals surface area contributed by atoms with Crippen LogP contribution in [0.1, 0.15) is 58.4 Å². The first-order valence-electron chi connectivity index (χ1n) is 8.22. The molecule has 23 heavy (non-hydrogen) atoms. The zero-order valence-corrected chi connectivity index (χ0v) is 15.0. The molecule has 130 valence electrons. The summed E-state index contributed by atoms with van der Waals surface area (Å²) in [6.45, 7) is 12.0. The lowest BCUT2D eigenvalue weighted by Gasteiger charge is -2.05. The van der Waals surface area contributed by atoms with Crippen LogP contribution in [0.15, 0.2) is 43.0 Å². The van der Waals surface area contributed by atoms with Crippen molar-refractivity contribution in [1.29, 1.82) is 0 Å². The number of nitrogens with two attached hydrogens (primary N) is 1. The van der Waals surface area contributed by atoms with E-state index in [-0.39, 0.29) is 11.8 Å². The van der Waals surface area contributed by atoms with Gasteiger partial charge in [-0.05, 0) is 18.9 Å². The number of carbonyl (C=O) groups excluding carboxylic acids is 2. The maximum Gasteiger partial charge on any atom is 0.220 e. The summed E-state index contributed by atoms with van der Waals surface area (Å²) in [5, 5.41) is 2.83. The number of allylic oxidation sites excluding steroid dienone is 1. The summed E-state index contributed by atoms with van der Waals surface area (Å²) in [7, 11) is 0. The summed E-state index contributed by atoms with van der Waals surface area (Å²) in [6, 6.07) is 10.2. The minimum absolute atomic E-state index is 0.170. The Hall–Kier alpha value is -2.10. The van der Waals surface area contributed by atoms with Gasteiger partial charge in [-0.3, -0.25) is 9.59 Å². The lowest BCUT2D eigenvalue weighted by atomic mass is 9.99. The van der Waals surface area contributed by atoms with E-state index in [9.17, 15) is 9.59 Å². The van der Waals surface area contributed by atoms with Crippen molar-refractivity contribution < 1.29 is 9.59 Å². The fourth-order valence-corrected chi connectivity index (χ4v) is 1.81. The van der Waals surface area contributed by atoms with Crippen LogP contribution in [0.3, 0.4) is 0 Å². The number of hydrogen-bond donors (Lipinski definition) is 2. The maximum atomic E-state index is 10.9. The minimum atomic E-state index is -0.211. The van der Waals surface area contributed by atoms with E-state index < -0.39 is 0 Å². The highest BCUT2D eigenvalue weighted by atomic mass is 16.2. The van der Waals surface area contributed by atoms with Crippen molar-refractivity contribution >= 4 is 11.8 Å². The topological polar surface area (TPSA) is 72.2 Å². The lowest BCUT2D eigenvalue weighted by Crippen LogP contribution is -2.13. The van der Waals surface area contributed by atoms with Gasteiger partial charge in [0.2, 0.25) is 11.8 Å². The molecule has 0 spiro atoms. The van der Waals surface area contributed by atoms with Crippen LogP contribution < -0.4 is 11.1 Å². The molecule has 1 atom stereocenters. The molecule has 0 aromatic heterocycles. The molecule has 4 heteroatoms. The van der Waals surface area contributed by atoms with Gasteiger partial charge in [0.25, 0.3) is 0 Å². The Bertz CT molecular complexity index is 430. The molecule has 2 rings (SSSR count). The molecule has 4 nitrogen and oxygen atoms in total. The van der Waals surface area contributed by atoms with Gasteiger partial charge in [-0.1, -0.05) is 57.2 Å². The highest BCUT2D eigenvalue weighted by Crippen LogP contribution is 2.21. The van der Waals surface area contributed by atoms with Crippen LogP contribution in [0, 0.1) is 0 Å². The second-order valence-electron chi connectivity index (χ2n) is 4.74. The molecule has 0 aliphatic carbocycles. The van der Waals surface area contributed by atoms with E-state index in [0.29, 0.717) is 18.8 Å². The van der Waals surface area contributed by atoms with E-state index >= 15 is 0 Å². The highest BCUT2D eigenvalue weighted by Gasteiger charge is 2.22. The maximum absolute atomic E-state index is 10.9. The second kappa shape index (κ2) is 16.3. The first kappa shape index (κ1) is 23.2. The Balaban J connectivity index is 0. The molecule has 2 amide bonds. The van der Waals surface area contributed by atoms with Crippen LogP contribution in [-0.4, -0.2) is 18.4 Å². The number of carbonyl (C=O) groups is 2. The van der Waals surface area contributed by atoms with Crippen LogP contribution in [0.25, 0.3) is 0 Å². The quantitative estimate of drug-likeness (QED) is 0.832. The van der Waals surface area contributed by atoms with Crippen molar-refractivity contribution in [3.63, 3.8) is 0 Å². The molecule has 1 aromatic carbocycles. The van der Waals surface area contributed by atoms with Crippen molar-refractivity contribution in [2.75, 3.05) is 6.54 Å². The first-order chi connectivity index (χ1) is 11.0. The van der Waals surface area contributed by atoms with Crippen molar-refractivity contribution in [3.05, 3.63) is 48.6 Å². The van der Waals surface area contributed by atoms with Crippen molar-refractivity contribution in [2.45, 2.75) is 52.9 Å². The van der Waals surface area contributed by atoms with Gasteiger partial charge in [0.1, 0.15) is 0 Å². The third kappa shape index (κ3) is 13.3. The predicted molar refractivity (Wildman–Crippen MR) is 98.1 cm³/mol. The molecular weight excluding hydrogens is 288 g/mol. The Labute approximate surface area is 141 Å². The summed E-state index contributed by atoms with van der Waals surface area (Å²) in [5.74, 6) is 0.347. The monoisotopic (exact) mass is 320 g/mol. The SMILES string of the molecule is C=CC.CC.CCCC(N)=O.O=C1CC(c2ccccc2)CN1. The molecule has 1 aliphatic rings. The summed E-state index contributed by atoms with van der Waals surface area (Å²) in [4.78, 5) is 20.7. The summed E-state index contributed by atoms with van der Waals surface area (Å²) >= 11 is 0. The van der Waals surface area contributed by atoms with Crippen LogP contribution in [0.2, 0.25) is 0 Å². The molecule has 1 aliphatic heterocycles. The van der Waals surface area contributed by atoms with E-state index in [4.69, 9.17) is 5.73 Å². The van der Waals surface area contributed by atoms with Gasteiger partial charge in [0.15, 0.2) is 0 Å². The third-order valence-electron chi connectivity index (χ3n) is 2.74. The molecule has 1 fully saturated rings. The largest absolute Gasteiger partial charge is 0.370 e. The number of nitrogens with one attached hydrogen (secondary N) is 1. The normalized spacial score (nSPS) is 14.6. The molecule has 1 saturated heterocycles. The fourth-order valence-electron chi connectivity index (χ4n) is 1.81. The Morgan fingerprint density at radius 1 is 1.35 bits per heavy atom. The average Bonchev–Trinajstić information content (AvgIpc) is 2.98. The van der Waals surface area contributed by atoms with E-state index in [1.807, 2.05) is 45.9 Å². The van der Waals surface area contributed by atoms with Gasteiger partial charge in [0, 0.05) is 25.3 Å². The second-order valence-corrected chi connectivity index (χ2v) is 4.74. The number of rotatable bonds is 3. The van der Waals surface area contributed by atoms with Gasteiger partial charge in [-0.15, -0.1) is 6.58 Å². The third-order valence-corrected chi connectivity index (χ3v) is 2.74. The van der Waals surface area contributed by atoms with Gasteiger partial charge in [-0.25, -0.2) is 0 Å². The highest BCUT2D eigenvalue weighted by molar-refractivity contribution is 5.79. The molecular formula is C19H32N2O2. The molecule has 0 saturated carbocycles. The van der Waals surface area contributed by atoms with Gasteiger partial charge in [0.05, 0.1) is 0 Å². The van der Waals surface area contributed by atoms with Gasteiger partial charge >= 0.3 is 0 Å². The van der Waals surface area contributed by atoms with Crippen LogP contribution >= 0.6 is 0 Å². The van der Waals surface area contributed by atoms with Crippen molar-refractivity contribution in [1.82, 2.24) is 5.32 Å². The molecule has 0 bridgehead atoms. The van der Waals surface area contributed by atoms with Gasteiger partial charge < -0.3 is 11.1 Å². The van der Waals surface area contributed by atoms with Crippen LogP contribution in [-0.2, 0) is 9.59 Å². The minimum Gasteiger partial charge on any atom is -0.370 e. The molecule has 1 heterocycles. The summed E-state index contributed by atoms with van der Waals surface area (Å²) in [5.41, 5.74) is 6.02. The standard InChI is InChI=1S/C10H11NO.C4H9NO.C3H6.C2H6/c12-10-6-9(7-11-10)8-4-2-1-3-5-8;1-2-3-4(5)6;1-3-2;1-2/h1-5,9H,6-7H2,(H,11,12);2-3H2,1H3,(H2,5,6);3H,1H2,2H3;1-2H3. The summed E-state index contributed by atoms with van der Waals surface area (Å²) < 4.78 is 0. The molecule has 1 aromatic rings. The first-order valence-corrected chi connectivity index (χ1v) is 8.22. The average molecular weight is 320 g/mol. The number of primary amides is 1. The van der Waals surface area contributed by atoms with E-state index in [2.05, 4.69) is 24.0 Å². The van der Waals surface area contributed by atoms with Gasteiger partial charge in [-0.2, -0.15) is 0 Å². The molecule has 1 unspecified atom stereocenters. The van der Waals surface area contributed by atoms with Crippen molar-refractivity contribution in [2.24, 2.45) is 5.73 Å². The Kier molecular flexibility index (Phi) is 16.4. The van der Waals surface area contributed by atoms with E-state index in [1.165, 1.54) is 5.56 Å². The zero-order valence-electron chi connectivity index (χ0n) is 15.0.